The molecule has 0 saturated heterocycles. The molecule has 214 valence electrons. The molecule has 0 unspecified atom stereocenters. The summed E-state index contributed by atoms with van der Waals surface area (Å²) in [5.74, 6) is -2.10. The number of H-pyrrole nitrogens is 2. The fraction of sp³-hybridized carbons (Fsp3) is 0.103. The molecule has 43 heavy (non-hydrogen) atoms. The van der Waals surface area contributed by atoms with Crippen LogP contribution in [-0.2, 0) is 4.74 Å². The molecular formula is C29H23LiN4O7S2. The number of para-hydroxylation sites is 2. The van der Waals surface area contributed by atoms with Crippen LogP contribution in [0.25, 0.3) is 21.8 Å². The number of carboxylic acids is 1. The number of nitrogens with zero attached hydrogens (tertiary/aromatic N) is 2. The predicted octanol–water partition coefficient (Wildman–Crippen LogP) is 2.64. The number of fused-ring (bicyclic) bond motifs is 2. The van der Waals surface area contributed by atoms with Gasteiger partial charge in [-0.25, -0.2) is 19.6 Å². The molecule has 0 aliphatic rings. The molecule has 0 aliphatic carbocycles. The normalized spacial score (nSPS) is 10.3. The number of carbonyl (C=O) groups is 4. The van der Waals surface area contributed by atoms with Crippen molar-refractivity contribution < 1.29 is 53.4 Å². The van der Waals surface area contributed by atoms with Crippen molar-refractivity contribution in [1.29, 1.82) is 0 Å². The summed E-state index contributed by atoms with van der Waals surface area (Å²) in [6.07, 6.45) is 3.30. The maximum atomic E-state index is 12.6. The van der Waals surface area contributed by atoms with E-state index in [0.717, 1.165) is 33.1 Å². The van der Waals surface area contributed by atoms with Gasteiger partial charge in [0.05, 0.1) is 18.2 Å². The van der Waals surface area contributed by atoms with E-state index in [1.54, 1.807) is 26.2 Å². The molecule has 2 aromatic carbocycles. The van der Waals surface area contributed by atoms with Gasteiger partial charge in [0.25, 0.3) is 0 Å². The Morgan fingerprint density at radius 2 is 1.16 bits per heavy atom. The van der Waals surface area contributed by atoms with Crippen molar-refractivity contribution in [1.82, 2.24) is 19.9 Å². The zero-order chi connectivity index (χ0) is 29.3. The van der Waals surface area contributed by atoms with Crippen LogP contribution in [0, 0.1) is 13.8 Å². The number of aryl methyl sites for hydroxylation is 2. The third-order valence-corrected chi connectivity index (χ3v) is 8.17. The Kier molecular flexibility index (Phi) is 10.6. The van der Waals surface area contributed by atoms with Crippen molar-refractivity contribution in [3.05, 3.63) is 103 Å². The second-order valence-electron chi connectivity index (χ2n) is 8.80. The molecule has 11 nitrogen and oxygen atoms in total. The summed E-state index contributed by atoms with van der Waals surface area (Å²) in [5.41, 5.74) is 2.95. The average molecular weight is 611 g/mol. The summed E-state index contributed by atoms with van der Waals surface area (Å²) >= 11 is 2.30. The number of nitrogens with one attached hydrogen (secondary N) is 2. The van der Waals surface area contributed by atoms with Crippen molar-refractivity contribution in [2.75, 3.05) is 7.11 Å². The summed E-state index contributed by atoms with van der Waals surface area (Å²) in [7, 11) is 1.29. The summed E-state index contributed by atoms with van der Waals surface area (Å²) < 4.78 is 4.66. The molecular weight excluding hydrogens is 587 g/mol. The van der Waals surface area contributed by atoms with Gasteiger partial charge in [0, 0.05) is 44.0 Å². The maximum absolute atomic E-state index is 12.6. The SMILES string of the molecule is COC(=O)c1nc(C(=O)c2c[nH]c3ccccc23)sc1C.Cc1sc(C(=O)c2c[nH]c3ccccc23)nc1C(=O)O.[Li+].[OH-]. The van der Waals surface area contributed by atoms with Gasteiger partial charge < -0.3 is 25.3 Å². The summed E-state index contributed by atoms with van der Waals surface area (Å²) in [6.45, 7) is 3.39. The number of rotatable bonds is 6. The fourth-order valence-corrected chi connectivity index (χ4v) is 5.94. The number of ether oxygens (including phenoxy) is 1. The van der Waals surface area contributed by atoms with Gasteiger partial charge in [0.1, 0.15) is 0 Å². The molecule has 0 amide bonds. The van der Waals surface area contributed by atoms with E-state index in [1.807, 2.05) is 48.5 Å². The fourth-order valence-electron chi connectivity index (χ4n) is 4.22. The second-order valence-corrected chi connectivity index (χ2v) is 11.2. The van der Waals surface area contributed by atoms with E-state index < -0.39 is 11.9 Å². The summed E-state index contributed by atoms with van der Waals surface area (Å²) in [5, 5.41) is 11.1. The number of thiazole rings is 2. The number of esters is 1. The summed E-state index contributed by atoms with van der Waals surface area (Å²) in [6, 6.07) is 15.0. The zero-order valence-electron chi connectivity index (χ0n) is 23.4. The van der Waals surface area contributed by atoms with E-state index in [9.17, 15) is 19.2 Å². The van der Waals surface area contributed by atoms with Crippen LogP contribution in [0.4, 0.5) is 0 Å². The Balaban J connectivity index is 0.000000225. The van der Waals surface area contributed by atoms with E-state index in [0.29, 0.717) is 20.9 Å². The number of carboxylic acid groups (broad SMARTS) is 1. The van der Waals surface area contributed by atoms with Crippen LogP contribution in [0.2, 0.25) is 0 Å². The number of hydrogen-bond donors (Lipinski definition) is 3. The number of aromatic carboxylic acids is 1. The Morgan fingerprint density at radius 3 is 1.58 bits per heavy atom. The van der Waals surface area contributed by atoms with Crippen molar-refractivity contribution in [2.24, 2.45) is 0 Å². The number of methoxy groups -OCH3 is 1. The van der Waals surface area contributed by atoms with E-state index in [4.69, 9.17) is 5.11 Å². The van der Waals surface area contributed by atoms with Crippen LogP contribution in [0.5, 0.6) is 0 Å². The second kappa shape index (κ2) is 13.7. The molecule has 0 fully saturated rings. The number of aromatic amines is 2. The minimum absolute atomic E-state index is 0. The zero-order valence-corrected chi connectivity index (χ0v) is 25.1. The quantitative estimate of drug-likeness (QED) is 0.145. The Hall–Kier alpha value is -4.38. The molecule has 0 radical (unpaired) electrons. The first-order chi connectivity index (χ1) is 19.7. The van der Waals surface area contributed by atoms with Crippen molar-refractivity contribution in [3.63, 3.8) is 0 Å². The van der Waals surface area contributed by atoms with Crippen LogP contribution >= 0.6 is 22.7 Å². The molecule has 0 atom stereocenters. The van der Waals surface area contributed by atoms with Crippen molar-refractivity contribution in [3.8, 4) is 0 Å². The molecule has 6 rings (SSSR count). The molecule has 4 N–H and O–H groups in total. The van der Waals surface area contributed by atoms with Crippen LogP contribution in [0.1, 0.15) is 61.5 Å². The van der Waals surface area contributed by atoms with Gasteiger partial charge in [-0.05, 0) is 26.0 Å². The topological polar surface area (TPSA) is 185 Å². The number of hydrogen-bond acceptors (Lipinski definition) is 10. The Morgan fingerprint density at radius 1 is 0.744 bits per heavy atom. The van der Waals surface area contributed by atoms with Gasteiger partial charge >= 0.3 is 30.8 Å². The van der Waals surface area contributed by atoms with E-state index in [2.05, 4.69) is 24.7 Å². The van der Waals surface area contributed by atoms with Gasteiger partial charge in [-0.3, -0.25) is 9.59 Å². The molecule has 0 bridgehead atoms. The molecule has 0 saturated carbocycles. The number of ketones is 2. The van der Waals surface area contributed by atoms with Crippen LogP contribution in [-0.4, -0.2) is 61.1 Å². The Bertz CT molecular complexity index is 1970. The molecule has 0 spiro atoms. The van der Waals surface area contributed by atoms with E-state index in [-0.39, 0.29) is 57.3 Å². The largest absolute Gasteiger partial charge is 1.00 e. The van der Waals surface area contributed by atoms with Gasteiger partial charge in [-0.1, -0.05) is 36.4 Å². The van der Waals surface area contributed by atoms with E-state index >= 15 is 0 Å². The third kappa shape index (κ3) is 6.51. The average Bonchev–Trinajstić information content (AvgIpc) is 3.76. The third-order valence-electron chi connectivity index (χ3n) is 6.23. The smallest absolute Gasteiger partial charge is 0.870 e. The molecule has 4 heterocycles. The molecule has 14 heteroatoms. The monoisotopic (exact) mass is 610 g/mol. The number of carbonyl (C=O) groups excluding carboxylic acids is 3. The predicted molar refractivity (Wildman–Crippen MR) is 157 cm³/mol. The first kappa shape index (κ1) is 33.1. The van der Waals surface area contributed by atoms with Gasteiger partial charge in [0.15, 0.2) is 21.4 Å². The summed E-state index contributed by atoms with van der Waals surface area (Å²) in [4.78, 5) is 62.9. The minimum Gasteiger partial charge on any atom is -0.870 e. The van der Waals surface area contributed by atoms with E-state index in [1.165, 1.54) is 18.4 Å². The van der Waals surface area contributed by atoms with Crippen LogP contribution in [0.3, 0.4) is 0 Å². The minimum atomic E-state index is -1.11. The van der Waals surface area contributed by atoms with Crippen molar-refractivity contribution >= 4 is 68.0 Å². The molecule has 4 aromatic heterocycles. The first-order valence-electron chi connectivity index (χ1n) is 12.2. The molecule has 0 aliphatic heterocycles. The maximum Gasteiger partial charge on any atom is 1.00 e. The molecule has 6 aromatic rings. The van der Waals surface area contributed by atoms with Gasteiger partial charge in [-0.2, -0.15) is 0 Å². The van der Waals surface area contributed by atoms with Crippen molar-refractivity contribution in [2.45, 2.75) is 13.8 Å². The van der Waals surface area contributed by atoms with Crippen LogP contribution < -0.4 is 18.9 Å². The number of benzene rings is 2. The van der Waals surface area contributed by atoms with Crippen LogP contribution in [0.15, 0.2) is 60.9 Å². The van der Waals surface area contributed by atoms with Gasteiger partial charge in [0.2, 0.25) is 11.6 Å². The first-order valence-corrected chi connectivity index (χ1v) is 13.8. The number of aromatic nitrogens is 4. The van der Waals surface area contributed by atoms with Gasteiger partial charge in [-0.15, -0.1) is 22.7 Å². The Labute approximate surface area is 264 Å². The standard InChI is InChI=1S/C15H12N2O3S.C14H10N2O3S.Li.H2O/c1-8-12(15(19)20-2)17-14(21-8)13(18)10-7-16-11-6-4-3-5-9(10)11;1-7-11(14(18)19)16-13(20-7)12(17)9-6-15-10-5-3-2-4-8(9)10;;/h3-7,16H,1-2H3;2-6,15H,1H3,(H,18,19);;1H2/q;;+1;/p-1.